The molecular weight excluding hydrogens is 232 g/mol. The SMILES string of the molecule is CC(NC(=O)C1(C(C)C)CCNC1)C(C)C(=O)O. The van der Waals surface area contributed by atoms with Crippen molar-refractivity contribution in [1.29, 1.82) is 0 Å². The molecule has 0 bridgehead atoms. The van der Waals surface area contributed by atoms with Crippen molar-refractivity contribution in [1.82, 2.24) is 10.6 Å². The molecule has 0 radical (unpaired) electrons. The molecule has 3 N–H and O–H groups in total. The summed E-state index contributed by atoms with van der Waals surface area (Å²) in [7, 11) is 0. The maximum atomic E-state index is 12.4. The van der Waals surface area contributed by atoms with Crippen LogP contribution in [-0.2, 0) is 9.59 Å². The van der Waals surface area contributed by atoms with E-state index in [-0.39, 0.29) is 17.9 Å². The third-order valence-corrected chi connectivity index (χ3v) is 4.24. The number of amides is 1. The van der Waals surface area contributed by atoms with Crippen molar-refractivity contribution < 1.29 is 14.7 Å². The Morgan fingerprint density at radius 1 is 1.28 bits per heavy atom. The van der Waals surface area contributed by atoms with Crippen molar-refractivity contribution in [2.75, 3.05) is 13.1 Å². The molecule has 104 valence electrons. The Morgan fingerprint density at radius 2 is 1.89 bits per heavy atom. The Morgan fingerprint density at radius 3 is 2.28 bits per heavy atom. The number of rotatable bonds is 5. The zero-order valence-electron chi connectivity index (χ0n) is 11.6. The standard InChI is InChI=1S/C13H24N2O3/c1-8(2)13(5-6-14-7-13)12(18)15-10(4)9(3)11(16)17/h8-10,14H,5-7H2,1-4H3,(H,15,18)(H,16,17). The summed E-state index contributed by atoms with van der Waals surface area (Å²) in [6, 6.07) is -0.355. The van der Waals surface area contributed by atoms with Crippen LogP contribution < -0.4 is 10.6 Å². The molecule has 0 aromatic rings. The molecule has 0 spiro atoms. The first-order valence-corrected chi connectivity index (χ1v) is 6.55. The van der Waals surface area contributed by atoms with E-state index < -0.39 is 17.3 Å². The van der Waals surface area contributed by atoms with Gasteiger partial charge in [-0.2, -0.15) is 0 Å². The molecule has 3 atom stereocenters. The van der Waals surface area contributed by atoms with Crippen LogP contribution in [0.1, 0.15) is 34.1 Å². The first kappa shape index (κ1) is 15.0. The first-order valence-electron chi connectivity index (χ1n) is 6.55. The second-order valence-corrected chi connectivity index (χ2v) is 5.63. The van der Waals surface area contributed by atoms with Crippen molar-refractivity contribution in [2.45, 2.75) is 40.2 Å². The smallest absolute Gasteiger partial charge is 0.308 e. The maximum absolute atomic E-state index is 12.4. The lowest BCUT2D eigenvalue weighted by atomic mass is 9.75. The predicted molar refractivity (Wildman–Crippen MR) is 69.2 cm³/mol. The Kier molecular flexibility index (Phi) is 4.73. The van der Waals surface area contributed by atoms with Crippen molar-refractivity contribution >= 4 is 11.9 Å². The van der Waals surface area contributed by atoms with E-state index in [1.165, 1.54) is 0 Å². The van der Waals surface area contributed by atoms with E-state index in [0.29, 0.717) is 6.54 Å². The van der Waals surface area contributed by atoms with E-state index in [2.05, 4.69) is 10.6 Å². The van der Waals surface area contributed by atoms with Gasteiger partial charge in [0.05, 0.1) is 11.3 Å². The van der Waals surface area contributed by atoms with Gasteiger partial charge in [0.2, 0.25) is 5.91 Å². The number of nitrogens with one attached hydrogen (secondary N) is 2. The van der Waals surface area contributed by atoms with Crippen LogP contribution in [0.15, 0.2) is 0 Å². The molecule has 0 aromatic carbocycles. The molecule has 1 heterocycles. The van der Waals surface area contributed by atoms with Gasteiger partial charge in [-0.05, 0) is 32.7 Å². The molecule has 0 aromatic heterocycles. The highest BCUT2D eigenvalue weighted by atomic mass is 16.4. The van der Waals surface area contributed by atoms with Gasteiger partial charge in [0, 0.05) is 12.6 Å². The molecule has 3 unspecified atom stereocenters. The van der Waals surface area contributed by atoms with Gasteiger partial charge in [-0.25, -0.2) is 0 Å². The van der Waals surface area contributed by atoms with E-state index in [1.807, 2.05) is 13.8 Å². The third kappa shape index (κ3) is 2.83. The van der Waals surface area contributed by atoms with Gasteiger partial charge in [-0.1, -0.05) is 13.8 Å². The summed E-state index contributed by atoms with van der Waals surface area (Å²) < 4.78 is 0. The van der Waals surface area contributed by atoms with Crippen LogP contribution in [0.3, 0.4) is 0 Å². The van der Waals surface area contributed by atoms with Gasteiger partial charge in [0.25, 0.3) is 0 Å². The third-order valence-electron chi connectivity index (χ3n) is 4.24. The quantitative estimate of drug-likeness (QED) is 0.681. The Hall–Kier alpha value is -1.10. The van der Waals surface area contributed by atoms with Gasteiger partial charge in [-0.15, -0.1) is 0 Å². The lowest BCUT2D eigenvalue weighted by Crippen LogP contribution is -2.51. The van der Waals surface area contributed by atoms with Crippen LogP contribution in [0, 0.1) is 17.3 Å². The van der Waals surface area contributed by atoms with Crippen molar-refractivity contribution in [2.24, 2.45) is 17.3 Å². The number of carboxylic acid groups (broad SMARTS) is 1. The second kappa shape index (κ2) is 5.69. The first-order chi connectivity index (χ1) is 8.31. The highest BCUT2D eigenvalue weighted by Gasteiger charge is 2.44. The zero-order chi connectivity index (χ0) is 13.9. The zero-order valence-corrected chi connectivity index (χ0v) is 11.6. The summed E-state index contributed by atoms with van der Waals surface area (Å²) >= 11 is 0. The summed E-state index contributed by atoms with van der Waals surface area (Å²) in [4.78, 5) is 23.3. The summed E-state index contributed by atoms with van der Waals surface area (Å²) in [6.45, 7) is 8.95. The summed E-state index contributed by atoms with van der Waals surface area (Å²) in [6.07, 6.45) is 0.810. The van der Waals surface area contributed by atoms with Gasteiger partial charge >= 0.3 is 5.97 Å². The fraction of sp³-hybridized carbons (Fsp3) is 0.846. The van der Waals surface area contributed by atoms with Crippen LogP contribution in [0.2, 0.25) is 0 Å². The summed E-state index contributed by atoms with van der Waals surface area (Å²) in [5.74, 6) is -1.25. The van der Waals surface area contributed by atoms with Gasteiger partial charge in [-0.3, -0.25) is 9.59 Å². The number of aliphatic carboxylic acids is 1. The van der Waals surface area contributed by atoms with E-state index >= 15 is 0 Å². The topological polar surface area (TPSA) is 78.4 Å². The lowest BCUT2D eigenvalue weighted by molar-refractivity contribution is -0.142. The van der Waals surface area contributed by atoms with Crippen LogP contribution in [0.5, 0.6) is 0 Å². The number of carboxylic acids is 1. The highest BCUT2D eigenvalue weighted by Crippen LogP contribution is 2.34. The van der Waals surface area contributed by atoms with Crippen LogP contribution in [0.25, 0.3) is 0 Å². The fourth-order valence-corrected chi connectivity index (χ4v) is 2.35. The minimum absolute atomic E-state index is 0.0249. The van der Waals surface area contributed by atoms with E-state index in [0.717, 1.165) is 13.0 Å². The lowest BCUT2D eigenvalue weighted by Gasteiger charge is -2.33. The minimum Gasteiger partial charge on any atom is -0.481 e. The average Bonchev–Trinajstić information content (AvgIpc) is 2.77. The van der Waals surface area contributed by atoms with Gasteiger partial charge in [0.1, 0.15) is 0 Å². The van der Waals surface area contributed by atoms with Crippen molar-refractivity contribution in [3.63, 3.8) is 0 Å². The molecule has 18 heavy (non-hydrogen) atoms. The molecule has 1 aliphatic rings. The number of carbonyl (C=O) groups is 2. The Labute approximate surface area is 108 Å². The Bertz CT molecular complexity index is 322. The molecule has 0 aliphatic carbocycles. The van der Waals surface area contributed by atoms with Gasteiger partial charge in [0.15, 0.2) is 0 Å². The number of hydrogen-bond donors (Lipinski definition) is 3. The molecular formula is C13H24N2O3. The monoisotopic (exact) mass is 256 g/mol. The van der Waals surface area contributed by atoms with Crippen LogP contribution in [-0.4, -0.2) is 36.1 Å². The van der Waals surface area contributed by atoms with Gasteiger partial charge < -0.3 is 15.7 Å². The second-order valence-electron chi connectivity index (χ2n) is 5.63. The predicted octanol–water partition coefficient (Wildman–Crippen LogP) is 0.848. The molecule has 1 fully saturated rings. The molecule has 0 saturated carbocycles. The molecule has 1 rings (SSSR count). The molecule has 5 heteroatoms. The number of carbonyl (C=O) groups excluding carboxylic acids is 1. The fourth-order valence-electron chi connectivity index (χ4n) is 2.35. The van der Waals surface area contributed by atoms with Crippen molar-refractivity contribution in [3.05, 3.63) is 0 Å². The average molecular weight is 256 g/mol. The molecule has 1 amide bonds. The highest BCUT2D eigenvalue weighted by molar-refractivity contribution is 5.84. The summed E-state index contributed by atoms with van der Waals surface area (Å²) in [5.41, 5.74) is -0.396. The number of hydrogen-bond acceptors (Lipinski definition) is 3. The van der Waals surface area contributed by atoms with Crippen molar-refractivity contribution in [3.8, 4) is 0 Å². The largest absolute Gasteiger partial charge is 0.481 e. The normalized spacial score (nSPS) is 26.9. The van der Waals surface area contributed by atoms with E-state index in [1.54, 1.807) is 13.8 Å². The van der Waals surface area contributed by atoms with E-state index in [9.17, 15) is 9.59 Å². The molecule has 1 saturated heterocycles. The van der Waals surface area contributed by atoms with Crippen LogP contribution >= 0.6 is 0 Å². The minimum atomic E-state index is -0.883. The molecule has 5 nitrogen and oxygen atoms in total. The maximum Gasteiger partial charge on any atom is 0.308 e. The Balaban J connectivity index is 2.71. The van der Waals surface area contributed by atoms with E-state index in [4.69, 9.17) is 5.11 Å². The summed E-state index contributed by atoms with van der Waals surface area (Å²) in [5, 5.41) is 15.0. The molecule has 1 aliphatic heterocycles. The van der Waals surface area contributed by atoms with Crippen LogP contribution in [0.4, 0.5) is 0 Å².